The van der Waals surface area contributed by atoms with E-state index in [1.807, 2.05) is 13.8 Å². The molecule has 0 aliphatic carbocycles. The fraction of sp³-hybridized carbons (Fsp3) is 0.455. The summed E-state index contributed by atoms with van der Waals surface area (Å²) in [6.45, 7) is 3.70. The lowest BCUT2D eigenvalue weighted by Crippen LogP contribution is -2.03. The minimum Gasteiger partial charge on any atom is -0.496 e. The summed E-state index contributed by atoms with van der Waals surface area (Å²) in [5.74, 6) is 0.757. The van der Waals surface area contributed by atoms with Crippen LogP contribution in [0.15, 0.2) is 12.1 Å². The van der Waals surface area contributed by atoms with E-state index in [1.54, 1.807) is 19.2 Å². The zero-order valence-corrected chi connectivity index (χ0v) is 10.4. The van der Waals surface area contributed by atoms with Crippen molar-refractivity contribution in [1.82, 2.24) is 0 Å². The molecule has 0 aromatic heterocycles. The van der Waals surface area contributed by atoms with Gasteiger partial charge in [0, 0.05) is 0 Å². The van der Waals surface area contributed by atoms with Crippen molar-refractivity contribution >= 4 is 15.9 Å². The van der Waals surface area contributed by atoms with Crippen LogP contribution in [0.1, 0.15) is 21.5 Å². The van der Waals surface area contributed by atoms with E-state index in [1.165, 1.54) is 0 Å². The van der Waals surface area contributed by atoms with Crippen LogP contribution in [0, 0.1) is 13.8 Å². The highest BCUT2D eigenvalue weighted by Gasteiger charge is 2.20. The van der Waals surface area contributed by atoms with Crippen molar-refractivity contribution in [2.24, 2.45) is 0 Å². The first-order chi connectivity index (χ1) is 6.97. The van der Waals surface area contributed by atoms with Crippen molar-refractivity contribution in [3.63, 3.8) is 0 Å². The fourth-order valence-corrected chi connectivity index (χ4v) is 1.87. The average molecular weight is 279 g/mol. The van der Waals surface area contributed by atoms with Gasteiger partial charge in [0.1, 0.15) is 10.6 Å². The Kier molecular flexibility index (Phi) is 4.08. The van der Waals surface area contributed by atoms with Gasteiger partial charge in [0.25, 0.3) is 6.43 Å². The Morgan fingerprint density at radius 3 is 2.00 bits per heavy atom. The van der Waals surface area contributed by atoms with Gasteiger partial charge in [0.15, 0.2) is 0 Å². The number of alkyl halides is 3. The molecule has 0 spiro atoms. The molecule has 1 aromatic rings. The number of methoxy groups -OCH3 is 1. The molecule has 0 amide bonds. The molecule has 0 saturated heterocycles. The van der Waals surface area contributed by atoms with Crippen molar-refractivity contribution in [1.29, 1.82) is 0 Å². The summed E-state index contributed by atoms with van der Waals surface area (Å²) >= 11 is 2.97. The zero-order valence-electron chi connectivity index (χ0n) is 8.85. The Bertz CT molecular complexity index is 329. The van der Waals surface area contributed by atoms with Crippen molar-refractivity contribution in [3.8, 4) is 5.75 Å². The number of ether oxygens (including phenoxy) is 1. The highest BCUT2D eigenvalue weighted by molar-refractivity contribution is 9.09. The third-order valence-corrected chi connectivity index (χ3v) is 3.15. The molecule has 0 N–H and O–H groups in total. The number of rotatable bonds is 3. The van der Waals surface area contributed by atoms with Gasteiger partial charge in [-0.15, -0.1) is 0 Å². The van der Waals surface area contributed by atoms with E-state index in [0.29, 0.717) is 5.56 Å². The second kappa shape index (κ2) is 4.92. The van der Waals surface area contributed by atoms with E-state index in [-0.39, 0.29) is 0 Å². The lowest BCUT2D eigenvalue weighted by Gasteiger charge is -2.14. The maximum atomic E-state index is 12.5. The predicted molar refractivity (Wildman–Crippen MR) is 60.1 cm³/mol. The smallest absolute Gasteiger partial charge is 0.255 e. The van der Waals surface area contributed by atoms with Crippen molar-refractivity contribution < 1.29 is 13.5 Å². The molecule has 1 rings (SSSR count). The molecule has 0 heterocycles. The number of benzene rings is 1. The molecule has 0 bridgehead atoms. The van der Waals surface area contributed by atoms with Crippen molar-refractivity contribution in [3.05, 3.63) is 28.8 Å². The minimum absolute atomic E-state index is 0.584. The van der Waals surface area contributed by atoms with Crippen LogP contribution in [-0.2, 0) is 0 Å². The fourth-order valence-electron chi connectivity index (χ4n) is 1.61. The minimum atomic E-state index is -2.41. The molecular weight excluding hydrogens is 266 g/mol. The maximum Gasteiger partial charge on any atom is 0.255 e. The molecule has 0 aliphatic rings. The Labute approximate surface area is 96.6 Å². The summed E-state index contributed by atoms with van der Waals surface area (Å²) < 4.78 is 30.1. The summed E-state index contributed by atoms with van der Waals surface area (Å²) in [5.41, 5.74) is 2.33. The van der Waals surface area contributed by atoms with Crippen LogP contribution in [0.5, 0.6) is 5.75 Å². The van der Waals surface area contributed by atoms with Gasteiger partial charge in [-0.3, -0.25) is 0 Å². The number of aryl methyl sites for hydroxylation is 2. The van der Waals surface area contributed by atoms with Crippen molar-refractivity contribution in [2.45, 2.75) is 25.1 Å². The number of halogens is 3. The lowest BCUT2D eigenvalue weighted by molar-refractivity contribution is 0.147. The molecule has 1 aromatic carbocycles. The summed E-state index contributed by atoms with van der Waals surface area (Å²) in [4.78, 5) is -0.916. The van der Waals surface area contributed by atoms with Gasteiger partial charge in [0.05, 0.1) is 7.11 Å². The topological polar surface area (TPSA) is 9.23 Å². The first kappa shape index (κ1) is 12.4. The zero-order chi connectivity index (χ0) is 11.6. The molecule has 1 unspecified atom stereocenters. The summed E-state index contributed by atoms with van der Waals surface area (Å²) in [5, 5.41) is 0. The van der Waals surface area contributed by atoms with E-state index in [0.717, 1.165) is 16.9 Å². The second-order valence-electron chi connectivity index (χ2n) is 3.42. The molecule has 4 heteroatoms. The molecule has 0 radical (unpaired) electrons. The maximum absolute atomic E-state index is 12.5. The Morgan fingerprint density at radius 1 is 1.20 bits per heavy atom. The highest BCUT2D eigenvalue weighted by atomic mass is 79.9. The Balaban J connectivity index is 3.14. The summed E-state index contributed by atoms with van der Waals surface area (Å²) in [7, 11) is 1.58. The molecular formula is C11H13BrF2O. The second-order valence-corrected chi connectivity index (χ2v) is 4.41. The standard InChI is InChI=1S/C11H13BrF2O/c1-6-4-8(9(12)11(13)14)5-7(2)10(6)15-3/h4-5,9,11H,1-3H3. The average Bonchev–Trinajstić information content (AvgIpc) is 2.15. The summed E-state index contributed by atoms with van der Waals surface area (Å²) in [6, 6.07) is 3.44. The van der Waals surface area contributed by atoms with Gasteiger partial charge in [0.2, 0.25) is 0 Å². The van der Waals surface area contributed by atoms with Gasteiger partial charge in [-0.05, 0) is 30.5 Å². The van der Waals surface area contributed by atoms with E-state index < -0.39 is 11.3 Å². The van der Waals surface area contributed by atoms with Crippen LogP contribution >= 0.6 is 15.9 Å². The normalized spacial score (nSPS) is 13.0. The summed E-state index contributed by atoms with van der Waals surface area (Å²) in [6.07, 6.45) is -2.41. The Morgan fingerprint density at radius 2 is 1.67 bits per heavy atom. The van der Waals surface area contributed by atoms with Crippen LogP contribution in [0.4, 0.5) is 8.78 Å². The highest BCUT2D eigenvalue weighted by Crippen LogP contribution is 2.34. The Hall–Kier alpha value is -0.640. The third kappa shape index (κ3) is 2.68. The van der Waals surface area contributed by atoms with Crippen LogP contribution in [0.3, 0.4) is 0 Å². The molecule has 0 saturated carbocycles. The quantitative estimate of drug-likeness (QED) is 0.759. The predicted octanol–water partition coefficient (Wildman–Crippen LogP) is 4.01. The van der Waals surface area contributed by atoms with Crippen LogP contribution in [0.25, 0.3) is 0 Å². The molecule has 0 aliphatic heterocycles. The lowest BCUT2D eigenvalue weighted by atomic mass is 10.0. The largest absolute Gasteiger partial charge is 0.496 e. The van der Waals surface area contributed by atoms with Gasteiger partial charge in [-0.2, -0.15) is 0 Å². The molecule has 15 heavy (non-hydrogen) atoms. The molecule has 84 valence electrons. The molecule has 1 nitrogen and oxygen atoms in total. The van der Waals surface area contributed by atoms with E-state index in [4.69, 9.17) is 4.74 Å². The van der Waals surface area contributed by atoms with Gasteiger partial charge >= 0.3 is 0 Å². The van der Waals surface area contributed by atoms with Crippen molar-refractivity contribution in [2.75, 3.05) is 7.11 Å². The first-order valence-electron chi connectivity index (χ1n) is 4.54. The van der Waals surface area contributed by atoms with E-state index >= 15 is 0 Å². The number of hydrogen-bond donors (Lipinski definition) is 0. The van der Waals surface area contributed by atoms with E-state index in [2.05, 4.69) is 15.9 Å². The number of hydrogen-bond acceptors (Lipinski definition) is 1. The molecule has 1 atom stereocenters. The third-order valence-electron chi connectivity index (χ3n) is 2.23. The van der Waals surface area contributed by atoms with Gasteiger partial charge in [-0.25, -0.2) is 8.78 Å². The first-order valence-corrected chi connectivity index (χ1v) is 5.46. The van der Waals surface area contributed by atoms with Gasteiger partial charge < -0.3 is 4.74 Å². The van der Waals surface area contributed by atoms with Crippen LogP contribution in [-0.4, -0.2) is 13.5 Å². The molecule has 0 fully saturated rings. The SMILES string of the molecule is COc1c(C)cc(C(Br)C(F)F)cc1C. The van der Waals surface area contributed by atoms with E-state index in [9.17, 15) is 8.78 Å². The van der Waals surface area contributed by atoms with Crippen LogP contribution in [0.2, 0.25) is 0 Å². The van der Waals surface area contributed by atoms with Gasteiger partial charge in [-0.1, -0.05) is 28.1 Å². The van der Waals surface area contributed by atoms with Crippen LogP contribution < -0.4 is 4.74 Å². The monoisotopic (exact) mass is 278 g/mol.